The largest absolute Gasteiger partial charge is 0.496 e. The Bertz CT molecular complexity index is 607. The highest BCUT2D eigenvalue weighted by Gasteiger charge is 2.15. The van der Waals surface area contributed by atoms with Crippen LogP contribution in [0.3, 0.4) is 0 Å². The Balaban J connectivity index is 2.18. The Labute approximate surface area is 119 Å². The van der Waals surface area contributed by atoms with Gasteiger partial charge in [0.1, 0.15) is 5.75 Å². The molecule has 0 bridgehead atoms. The Morgan fingerprint density at radius 2 is 1.75 bits per heavy atom. The van der Waals surface area contributed by atoms with Crippen LogP contribution in [0.4, 0.5) is 0 Å². The summed E-state index contributed by atoms with van der Waals surface area (Å²) >= 11 is 0. The van der Waals surface area contributed by atoms with E-state index in [1.165, 1.54) is 0 Å². The average molecular weight is 269 g/mol. The number of benzene rings is 2. The Morgan fingerprint density at radius 1 is 1.10 bits per heavy atom. The van der Waals surface area contributed by atoms with Crippen LogP contribution in [0.1, 0.15) is 34.5 Å². The number of methoxy groups -OCH3 is 1. The number of nitrogens with one attached hydrogen (secondary N) is 1. The summed E-state index contributed by atoms with van der Waals surface area (Å²) in [6, 6.07) is 15.2. The number of rotatable bonds is 4. The molecular weight excluding hydrogens is 250 g/mol. The van der Waals surface area contributed by atoms with Crippen LogP contribution in [0.25, 0.3) is 0 Å². The normalized spacial score (nSPS) is 11.8. The van der Waals surface area contributed by atoms with Crippen LogP contribution < -0.4 is 10.1 Å². The topological polar surface area (TPSA) is 38.3 Å². The monoisotopic (exact) mass is 269 g/mol. The lowest BCUT2D eigenvalue weighted by atomic mass is 10.0. The number of carbonyl (C=O) groups is 1. The first-order valence-electron chi connectivity index (χ1n) is 6.63. The van der Waals surface area contributed by atoms with E-state index in [2.05, 4.69) is 5.32 Å². The van der Waals surface area contributed by atoms with Crippen molar-refractivity contribution in [3.05, 3.63) is 65.2 Å². The third-order valence-electron chi connectivity index (χ3n) is 3.34. The second kappa shape index (κ2) is 6.24. The summed E-state index contributed by atoms with van der Waals surface area (Å²) in [6.07, 6.45) is 0. The molecule has 0 fully saturated rings. The van der Waals surface area contributed by atoms with Crippen molar-refractivity contribution in [3.63, 3.8) is 0 Å². The van der Waals surface area contributed by atoms with Crippen molar-refractivity contribution < 1.29 is 9.53 Å². The molecule has 2 aromatic carbocycles. The molecule has 2 aromatic rings. The van der Waals surface area contributed by atoms with E-state index in [0.717, 1.165) is 16.9 Å². The second-order valence-electron chi connectivity index (χ2n) is 4.75. The zero-order valence-corrected chi connectivity index (χ0v) is 12.0. The zero-order chi connectivity index (χ0) is 14.5. The van der Waals surface area contributed by atoms with E-state index in [4.69, 9.17) is 4.74 Å². The predicted octanol–water partition coefficient (Wildman–Crippen LogP) is 3.49. The third kappa shape index (κ3) is 2.99. The lowest BCUT2D eigenvalue weighted by Gasteiger charge is -2.17. The standard InChI is InChI=1S/C17H19NO2/c1-12-8-4-5-9-14(12)17(19)18-13(2)15-10-6-7-11-16(15)20-3/h4-11,13H,1-3H3,(H,18,19)/t13-/m0/s1. The van der Waals surface area contributed by atoms with E-state index in [0.29, 0.717) is 5.56 Å². The Hall–Kier alpha value is -2.29. The van der Waals surface area contributed by atoms with Gasteiger partial charge in [-0.1, -0.05) is 36.4 Å². The van der Waals surface area contributed by atoms with Gasteiger partial charge in [0.15, 0.2) is 0 Å². The molecule has 3 nitrogen and oxygen atoms in total. The van der Waals surface area contributed by atoms with E-state index >= 15 is 0 Å². The van der Waals surface area contributed by atoms with Crippen LogP contribution in [-0.2, 0) is 0 Å². The molecule has 3 heteroatoms. The second-order valence-corrected chi connectivity index (χ2v) is 4.75. The van der Waals surface area contributed by atoms with Gasteiger partial charge in [-0.25, -0.2) is 0 Å². The van der Waals surface area contributed by atoms with Crippen LogP contribution in [0, 0.1) is 6.92 Å². The Kier molecular flexibility index (Phi) is 4.41. The van der Waals surface area contributed by atoms with Crippen molar-refractivity contribution in [2.24, 2.45) is 0 Å². The molecule has 1 N–H and O–H groups in total. The van der Waals surface area contributed by atoms with Crippen molar-refractivity contribution in [3.8, 4) is 5.75 Å². The van der Waals surface area contributed by atoms with Gasteiger partial charge in [0.05, 0.1) is 13.2 Å². The molecule has 0 aliphatic rings. The number of hydrogen-bond donors (Lipinski definition) is 1. The summed E-state index contributed by atoms with van der Waals surface area (Å²) in [5.41, 5.74) is 2.64. The van der Waals surface area contributed by atoms with Gasteiger partial charge in [0, 0.05) is 11.1 Å². The van der Waals surface area contributed by atoms with Crippen molar-refractivity contribution in [1.29, 1.82) is 0 Å². The molecule has 1 atom stereocenters. The minimum Gasteiger partial charge on any atom is -0.496 e. The van der Waals surface area contributed by atoms with E-state index in [1.54, 1.807) is 7.11 Å². The molecule has 2 rings (SSSR count). The summed E-state index contributed by atoms with van der Waals surface area (Å²) in [7, 11) is 1.63. The van der Waals surface area contributed by atoms with Gasteiger partial charge in [0.2, 0.25) is 0 Å². The number of ether oxygens (including phenoxy) is 1. The van der Waals surface area contributed by atoms with E-state index in [1.807, 2.05) is 62.4 Å². The van der Waals surface area contributed by atoms with E-state index in [9.17, 15) is 4.79 Å². The molecule has 104 valence electrons. The molecule has 1 amide bonds. The molecule has 0 saturated carbocycles. The van der Waals surface area contributed by atoms with Crippen molar-refractivity contribution in [2.75, 3.05) is 7.11 Å². The molecule has 0 aliphatic heterocycles. The third-order valence-corrected chi connectivity index (χ3v) is 3.34. The van der Waals surface area contributed by atoms with Crippen LogP contribution in [0.5, 0.6) is 5.75 Å². The van der Waals surface area contributed by atoms with Crippen LogP contribution in [0.2, 0.25) is 0 Å². The highest BCUT2D eigenvalue weighted by atomic mass is 16.5. The number of aryl methyl sites for hydroxylation is 1. The van der Waals surface area contributed by atoms with Gasteiger partial charge in [-0.3, -0.25) is 4.79 Å². The molecule has 0 unspecified atom stereocenters. The smallest absolute Gasteiger partial charge is 0.252 e. The maximum atomic E-state index is 12.3. The van der Waals surface area contributed by atoms with Gasteiger partial charge >= 0.3 is 0 Å². The van der Waals surface area contributed by atoms with E-state index in [-0.39, 0.29) is 11.9 Å². The maximum Gasteiger partial charge on any atom is 0.252 e. The molecule has 20 heavy (non-hydrogen) atoms. The van der Waals surface area contributed by atoms with Crippen LogP contribution in [0.15, 0.2) is 48.5 Å². The van der Waals surface area contributed by atoms with Crippen molar-refractivity contribution >= 4 is 5.91 Å². The number of carbonyl (C=O) groups excluding carboxylic acids is 1. The Morgan fingerprint density at radius 3 is 2.45 bits per heavy atom. The number of amides is 1. The van der Waals surface area contributed by atoms with Crippen molar-refractivity contribution in [2.45, 2.75) is 19.9 Å². The maximum absolute atomic E-state index is 12.3. The fraction of sp³-hybridized carbons (Fsp3) is 0.235. The van der Waals surface area contributed by atoms with Crippen LogP contribution in [-0.4, -0.2) is 13.0 Å². The van der Waals surface area contributed by atoms with Gasteiger partial charge < -0.3 is 10.1 Å². The minimum absolute atomic E-state index is 0.0680. The molecule has 0 saturated heterocycles. The fourth-order valence-corrected chi connectivity index (χ4v) is 2.20. The summed E-state index contributed by atoms with van der Waals surface area (Å²) in [5, 5.41) is 3.01. The fourth-order valence-electron chi connectivity index (χ4n) is 2.20. The average Bonchev–Trinajstić information content (AvgIpc) is 2.47. The SMILES string of the molecule is COc1ccccc1[C@H](C)NC(=O)c1ccccc1C. The van der Waals surface area contributed by atoms with Gasteiger partial charge in [-0.05, 0) is 31.5 Å². The molecule has 0 aliphatic carbocycles. The van der Waals surface area contributed by atoms with Gasteiger partial charge in [-0.2, -0.15) is 0 Å². The summed E-state index contributed by atoms with van der Waals surface area (Å²) in [6.45, 7) is 3.89. The first kappa shape index (κ1) is 14.1. The summed E-state index contributed by atoms with van der Waals surface area (Å²) in [5.74, 6) is 0.714. The first-order valence-corrected chi connectivity index (χ1v) is 6.63. The zero-order valence-electron chi connectivity index (χ0n) is 12.0. The lowest BCUT2D eigenvalue weighted by molar-refractivity contribution is 0.0939. The molecule has 0 heterocycles. The van der Waals surface area contributed by atoms with Crippen molar-refractivity contribution in [1.82, 2.24) is 5.32 Å². The highest BCUT2D eigenvalue weighted by molar-refractivity contribution is 5.95. The summed E-state index contributed by atoms with van der Waals surface area (Å²) < 4.78 is 5.33. The van der Waals surface area contributed by atoms with E-state index < -0.39 is 0 Å². The van der Waals surface area contributed by atoms with Gasteiger partial charge in [-0.15, -0.1) is 0 Å². The number of hydrogen-bond acceptors (Lipinski definition) is 2. The first-order chi connectivity index (χ1) is 9.63. The summed E-state index contributed by atoms with van der Waals surface area (Å²) in [4.78, 5) is 12.3. The highest BCUT2D eigenvalue weighted by Crippen LogP contribution is 2.24. The quantitative estimate of drug-likeness (QED) is 0.922. The van der Waals surface area contributed by atoms with Gasteiger partial charge in [0.25, 0.3) is 5.91 Å². The minimum atomic E-state index is -0.113. The molecular formula is C17H19NO2. The van der Waals surface area contributed by atoms with Crippen LogP contribution >= 0.6 is 0 Å². The molecule has 0 spiro atoms. The molecule has 0 radical (unpaired) electrons. The lowest BCUT2D eigenvalue weighted by Crippen LogP contribution is -2.27. The molecule has 0 aromatic heterocycles. The number of para-hydroxylation sites is 1. The predicted molar refractivity (Wildman–Crippen MR) is 80.1 cm³/mol.